The van der Waals surface area contributed by atoms with Gasteiger partial charge in [-0.25, -0.2) is 4.79 Å². The molecular weight excluding hydrogens is 426 g/mol. The molecule has 2 fully saturated rings. The molecule has 32 heavy (non-hydrogen) atoms. The highest BCUT2D eigenvalue weighted by Crippen LogP contribution is 2.36. The van der Waals surface area contributed by atoms with Crippen molar-refractivity contribution in [1.82, 2.24) is 9.80 Å². The van der Waals surface area contributed by atoms with Crippen LogP contribution < -0.4 is 4.90 Å². The van der Waals surface area contributed by atoms with Gasteiger partial charge in [-0.15, -0.1) is 12.4 Å². The van der Waals surface area contributed by atoms with Crippen molar-refractivity contribution in [2.45, 2.75) is 70.3 Å². The summed E-state index contributed by atoms with van der Waals surface area (Å²) in [5.74, 6) is -0.213. The van der Waals surface area contributed by atoms with Crippen molar-refractivity contribution in [3.8, 4) is 0 Å². The molecule has 3 aliphatic rings. The molecule has 7 heteroatoms. The number of rotatable bonds is 5. The highest BCUT2D eigenvalue weighted by molar-refractivity contribution is 5.94. The van der Waals surface area contributed by atoms with Gasteiger partial charge in [0.15, 0.2) is 0 Å². The molecule has 4 rings (SSSR count). The van der Waals surface area contributed by atoms with E-state index in [1.54, 1.807) is 0 Å². The number of amides is 2. The lowest BCUT2D eigenvalue weighted by Gasteiger charge is -2.34. The van der Waals surface area contributed by atoms with Crippen molar-refractivity contribution in [2.75, 3.05) is 38.1 Å². The van der Waals surface area contributed by atoms with Crippen LogP contribution in [0.4, 0.5) is 10.5 Å². The van der Waals surface area contributed by atoms with E-state index < -0.39 is 5.97 Å². The highest BCUT2D eigenvalue weighted by atomic mass is 35.5. The number of aliphatic carboxylic acids is 1. The van der Waals surface area contributed by atoms with E-state index in [-0.39, 0.29) is 30.3 Å². The molecular formula is C25H38ClN3O3. The topological polar surface area (TPSA) is 64.1 Å². The Morgan fingerprint density at radius 3 is 2.53 bits per heavy atom. The Morgan fingerprint density at radius 2 is 1.84 bits per heavy atom. The fourth-order valence-electron chi connectivity index (χ4n) is 5.97. The zero-order valence-corrected chi connectivity index (χ0v) is 20.5. The Balaban J connectivity index is 0.00000289. The molecule has 1 aliphatic carbocycles. The van der Waals surface area contributed by atoms with Crippen LogP contribution >= 0.6 is 12.4 Å². The molecule has 6 nitrogen and oxygen atoms in total. The first-order valence-corrected chi connectivity index (χ1v) is 11.9. The number of hydrogen-bond acceptors (Lipinski definition) is 3. The third kappa shape index (κ3) is 5.23. The molecule has 1 aromatic carbocycles. The number of urea groups is 1. The quantitative estimate of drug-likeness (QED) is 0.696. The number of likely N-dealkylation sites (N-methyl/N-ethyl adjacent to an activating group) is 1. The maximum Gasteiger partial charge on any atom is 0.324 e. The lowest BCUT2D eigenvalue weighted by Crippen LogP contribution is -2.41. The van der Waals surface area contributed by atoms with Gasteiger partial charge in [-0.1, -0.05) is 19.9 Å². The van der Waals surface area contributed by atoms with E-state index in [1.807, 2.05) is 4.90 Å². The largest absolute Gasteiger partial charge is 0.481 e. The average Bonchev–Trinajstić information content (AvgIpc) is 3.06. The Bertz CT molecular complexity index is 836. The SMILES string of the molecule is CN1CCc2cc(N3CCN(C4CCC(CCC(=O)O)CC4)C3=O)ccc2C(C)(C)C1.Cl. The van der Waals surface area contributed by atoms with Gasteiger partial charge in [-0.3, -0.25) is 9.69 Å². The fraction of sp³-hybridized carbons (Fsp3) is 0.680. The number of carboxylic acid groups (broad SMARTS) is 1. The molecule has 2 heterocycles. The van der Waals surface area contributed by atoms with Crippen LogP contribution in [0.3, 0.4) is 0 Å². The second-order valence-corrected chi connectivity index (χ2v) is 10.4. The first-order valence-electron chi connectivity index (χ1n) is 11.9. The number of benzene rings is 1. The van der Waals surface area contributed by atoms with Crippen LogP contribution in [0.25, 0.3) is 0 Å². The Labute approximate surface area is 198 Å². The smallest absolute Gasteiger partial charge is 0.324 e. The average molecular weight is 464 g/mol. The summed E-state index contributed by atoms with van der Waals surface area (Å²) in [4.78, 5) is 30.5. The van der Waals surface area contributed by atoms with E-state index in [9.17, 15) is 9.59 Å². The minimum atomic E-state index is -0.705. The minimum absolute atomic E-state index is 0. The molecule has 0 atom stereocenters. The zero-order chi connectivity index (χ0) is 22.2. The summed E-state index contributed by atoms with van der Waals surface area (Å²) in [5, 5.41) is 8.91. The molecule has 0 bridgehead atoms. The highest BCUT2D eigenvalue weighted by Gasteiger charge is 2.37. The van der Waals surface area contributed by atoms with Gasteiger partial charge < -0.3 is 14.9 Å². The summed E-state index contributed by atoms with van der Waals surface area (Å²) in [7, 11) is 2.19. The molecule has 0 radical (unpaired) electrons. The summed E-state index contributed by atoms with van der Waals surface area (Å²) in [6.45, 7) is 8.25. The van der Waals surface area contributed by atoms with Crippen molar-refractivity contribution in [3.63, 3.8) is 0 Å². The van der Waals surface area contributed by atoms with E-state index in [0.29, 0.717) is 12.0 Å². The monoisotopic (exact) mass is 463 g/mol. The molecule has 2 aliphatic heterocycles. The number of halogens is 1. The fourth-order valence-corrected chi connectivity index (χ4v) is 5.97. The third-order valence-electron chi connectivity index (χ3n) is 7.62. The number of hydrogen-bond donors (Lipinski definition) is 1. The number of carboxylic acids is 1. The van der Waals surface area contributed by atoms with E-state index in [1.165, 1.54) is 11.1 Å². The van der Waals surface area contributed by atoms with E-state index >= 15 is 0 Å². The molecule has 178 valence electrons. The lowest BCUT2D eigenvalue weighted by atomic mass is 9.81. The van der Waals surface area contributed by atoms with Gasteiger partial charge >= 0.3 is 12.0 Å². The number of anilines is 1. The van der Waals surface area contributed by atoms with Crippen LogP contribution in [0.2, 0.25) is 0 Å². The Hall–Kier alpha value is -1.79. The maximum atomic E-state index is 13.3. The van der Waals surface area contributed by atoms with E-state index in [4.69, 9.17) is 5.11 Å². The molecule has 2 amide bonds. The van der Waals surface area contributed by atoms with E-state index in [0.717, 1.165) is 70.4 Å². The van der Waals surface area contributed by atoms with Gasteiger partial charge in [-0.05, 0) is 74.8 Å². The summed E-state index contributed by atoms with van der Waals surface area (Å²) in [6.07, 6.45) is 6.10. The molecule has 1 N–H and O–H groups in total. The van der Waals surface area contributed by atoms with E-state index in [2.05, 4.69) is 48.9 Å². The molecule has 0 unspecified atom stereocenters. The number of fused-ring (bicyclic) bond motifs is 1. The van der Waals surface area contributed by atoms with Crippen LogP contribution in [0, 0.1) is 5.92 Å². The predicted octanol–water partition coefficient (Wildman–Crippen LogP) is 4.54. The van der Waals surface area contributed by atoms with Gasteiger partial charge in [0.25, 0.3) is 0 Å². The van der Waals surface area contributed by atoms with Crippen molar-refractivity contribution >= 4 is 30.1 Å². The Morgan fingerprint density at radius 1 is 1.12 bits per heavy atom. The van der Waals surface area contributed by atoms with Gasteiger partial charge in [0.1, 0.15) is 0 Å². The van der Waals surface area contributed by atoms with Crippen molar-refractivity contribution in [1.29, 1.82) is 0 Å². The number of carbonyl (C=O) groups is 2. The summed E-state index contributed by atoms with van der Waals surface area (Å²) in [6, 6.07) is 7.06. The minimum Gasteiger partial charge on any atom is -0.481 e. The first-order chi connectivity index (χ1) is 14.7. The lowest BCUT2D eigenvalue weighted by molar-refractivity contribution is -0.137. The van der Waals surface area contributed by atoms with Crippen molar-refractivity contribution in [3.05, 3.63) is 29.3 Å². The van der Waals surface area contributed by atoms with Crippen LogP contribution in [-0.4, -0.2) is 66.2 Å². The summed E-state index contributed by atoms with van der Waals surface area (Å²) >= 11 is 0. The van der Waals surface area contributed by atoms with Crippen LogP contribution in [0.1, 0.15) is 63.5 Å². The molecule has 1 saturated heterocycles. The van der Waals surface area contributed by atoms with Gasteiger partial charge in [0.2, 0.25) is 0 Å². The summed E-state index contributed by atoms with van der Waals surface area (Å²) < 4.78 is 0. The molecule has 0 spiro atoms. The van der Waals surface area contributed by atoms with Gasteiger partial charge in [-0.2, -0.15) is 0 Å². The predicted molar refractivity (Wildman–Crippen MR) is 130 cm³/mol. The second kappa shape index (κ2) is 10.0. The van der Waals surface area contributed by atoms with Crippen LogP contribution in [-0.2, 0) is 16.6 Å². The summed E-state index contributed by atoms with van der Waals surface area (Å²) in [5.41, 5.74) is 3.92. The standard InChI is InChI=1S/C25H37N3O3.ClH/c1-25(2)17-26(3)13-12-19-16-21(9-10-22(19)25)28-15-14-27(24(28)31)20-7-4-18(5-8-20)6-11-23(29)30;/h9-10,16,18,20H,4-8,11-15,17H2,1-3H3,(H,29,30);1H. The molecule has 1 aromatic rings. The van der Waals surface area contributed by atoms with Crippen molar-refractivity contribution in [2.24, 2.45) is 5.92 Å². The van der Waals surface area contributed by atoms with Crippen molar-refractivity contribution < 1.29 is 14.7 Å². The normalized spacial score (nSPS) is 25.8. The number of carbonyl (C=O) groups excluding carboxylic acids is 1. The Kier molecular flexibility index (Phi) is 7.77. The number of nitrogens with zero attached hydrogens (tertiary/aromatic N) is 3. The molecule has 1 saturated carbocycles. The van der Waals surface area contributed by atoms with Crippen LogP contribution in [0.5, 0.6) is 0 Å². The van der Waals surface area contributed by atoms with Crippen LogP contribution in [0.15, 0.2) is 18.2 Å². The molecule has 0 aromatic heterocycles. The second-order valence-electron chi connectivity index (χ2n) is 10.4. The first kappa shape index (κ1) is 24.8. The zero-order valence-electron chi connectivity index (χ0n) is 19.7. The third-order valence-corrected chi connectivity index (χ3v) is 7.62. The van der Waals surface area contributed by atoms with Gasteiger partial charge in [0.05, 0.1) is 0 Å². The maximum absolute atomic E-state index is 13.3. The van der Waals surface area contributed by atoms with Gasteiger partial charge in [0, 0.05) is 49.7 Å².